The van der Waals surface area contributed by atoms with Gasteiger partial charge in [-0.2, -0.15) is 13.2 Å². The Morgan fingerprint density at radius 1 is 1.03 bits per heavy atom. The van der Waals surface area contributed by atoms with Gasteiger partial charge in [-0.05, 0) is 49.4 Å². The van der Waals surface area contributed by atoms with E-state index in [0.29, 0.717) is 25.9 Å². The zero-order valence-corrected chi connectivity index (χ0v) is 19.7. The first-order chi connectivity index (χ1) is 17.0. The highest BCUT2D eigenvalue weighted by Gasteiger charge is 2.41. The van der Waals surface area contributed by atoms with Crippen molar-refractivity contribution in [2.75, 3.05) is 19.6 Å². The van der Waals surface area contributed by atoms with Crippen LogP contribution in [0.4, 0.5) is 13.2 Å². The number of halogens is 3. The summed E-state index contributed by atoms with van der Waals surface area (Å²) in [5.74, 6) is -1.33. The van der Waals surface area contributed by atoms with Gasteiger partial charge in [0, 0.05) is 24.7 Å². The van der Waals surface area contributed by atoms with Gasteiger partial charge in [-0.25, -0.2) is 0 Å². The van der Waals surface area contributed by atoms with E-state index in [1.165, 1.54) is 6.07 Å². The molecule has 1 aliphatic heterocycles. The number of benzene rings is 2. The third kappa shape index (κ3) is 6.05. The minimum atomic E-state index is -4.57. The highest BCUT2D eigenvalue weighted by atomic mass is 19.4. The molecule has 4 N–H and O–H groups in total. The highest BCUT2D eigenvalue weighted by molar-refractivity contribution is 5.96. The molecule has 1 heterocycles. The molecule has 0 bridgehead atoms. The Bertz CT molecular complexity index is 1070. The molecule has 1 saturated carbocycles. The number of carbonyl (C=O) groups excluding carboxylic acids is 2. The number of amides is 2. The molecule has 36 heavy (non-hydrogen) atoms. The summed E-state index contributed by atoms with van der Waals surface area (Å²) in [6.07, 6.45) is -2.64. The van der Waals surface area contributed by atoms with Crippen molar-refractivity contribution in [1.29, 1.82) is 0 Å². The predicted octanol–water partition coefficient (Wildman–Crippen LogP) is 2.43. The van der Waals surface area contributed by atoms with Crippen molar-refractivity contribution >= 4 is 11.8 Å². The number of likely N-dealkylation sites (tertiary alicyclic amines) is 1. The van der Waals surface area contributed by atoms with Crippen molar-refractivity contribution in [3.8, 4) is 0 Å². The Kier molecular flexibility index (Phi) is 7.67. The van der Waals surface area contributed by atoms with Crippen LogP contribution in [0.3, 0.4) is 0 Å². The molecular weight excluding hydrogens is 475 g/mol. The smallest absolute Gasteiger partial charge is 0.390 e. The first kappa shape index (κ1) is 26.1. The third-order valence-electron chi connectivity index (χ3n) is 7.14. The number of carbonyl (C=O) groups is 2. The molecule has 1 saturated heterocycles. The SMILES string of the molecule is O=C(CNC(=O)c1cccc(C(F)(F)F)c1)N[C@H]1CN(C2CCC(O)(c3ccccc3)CC2)C[C@@H]1O. The van der Waals surface area contributed by atoms with Gasteiger partial charge in [-0.15, -0.1) is 0 Å². The molecule has 0 spiro atoms. The van der Waals surface area contributed by atoms with Crippen LogP contribution in [-0.4, -0.2) is 64.7 Å². The summed E-state index contributed by atoms with van der Waals surface area (Å²) < 4.78 is 38.6. The summed E-state index contributed by atoms with van der Waals surface area (Å²) in [4.78, 5) is 26.7. The molecule has 2 amide bonds. The van der Waals surface area contributed by atoms with Gasteiger partial charge in [-0.1, -0.05) is 36.4 Å². The van der Waals surface area contributed by atoms with Gasteiger partial charge in [0.2, 0.25) is 5.91 Å². The number of nitrogens with one attached hydrogen (secondary N) is 2. The second-order valence-corrected chi connectivity index (χ2v) is 9.59. The molecule has 0 unspecified atom stereocenters. The van der Waals surface area contributed by atoms with Crippen molar-refractivity contribution in [3.05, 3.63) is 71.3 Å². The first-order valence-corrected chi connectivity index (χ1v) is 12.0. The molecule has 1 aliphatic carbocycles. The van der Waals surface area contributed by atoms with E-state index in [9.17, 15) is 33.0 Å². The Labute approximate surface area is 207 Å². The summed E-state index contributed by atoms with van der Waals surface area (Å²) in [6, 6.07) is 13.2. The fraction of sp³-hybridized carbons (Fsp3) is 0.462. The summed E-state index contributed by atoms with van der Waals surface area (Å²) in [5, 5.41) is 26.6. The van der Waals surface area contributed by atoms with E-state index >= 15 is 0 Å². The Hall–Kier alpha value is -2.95. The molecule has 10 heteroatoms. The minimum Gasteiger partial charge on any atom is -0.390 e. The number of aliphatic hydroxyl groups excluding tert-OH is 1. The predicted molar refractivity (Wildman–Crippen MR) is 126 cm³/mol. The molecule has 4 rings (SSSR count). The molecule has 2 aromatic rings. The van der Waals surface area contributed by atoms with Crippen LogP contribution in [0.5, 0.6) is 0 Å². The second kappa shape index (κ2) is 10.6. The Morgan fingerprint density at radius 2 is 1.72 bits per heavy atom. The van der Waals surface area contributed by atoms with Crippen LogP contribution >= 0.6 is 0 Å². The number of rotatable bonds is 6. The van der Waals surface area contributed by atoms with Crippen LogP contribution in [0.15, 0.2) is 54.6 Å². The fourth-order valence-corrected chi connectivity index (χ4v) is 5.10. The molecule has 2 aliphatic rings. The standard InChI is InChI=1S/C26H30F3N3O4/c27-26(28,29)19-8-4-5-17(13-19)24(35)30-14-23(34)31-21-15-32(16-22(21)33)20-9-11-25(36,12-10-20)18-6-2-1-3-7-18/h1-8,13,20-22,33,36H,9-12,14-16H2,(H,30,35)(H,31,34)/t20?,21-,22-,25?/m0/s1. The lowest BCUT2D eigenvalue weighted by molar-refractivity contribution is -0.137. The van der Waals surface area contributed by atoms with Crippen molar-refractivity contribution in [3.63, 3.8) is 0 Å². The van der Waals surface area contributed by atoms with Gasteiger partial charge in [0.05, 0.1) is 29.9 Å². The van der Waals surface area contributed by atoms with E-state index < -0.39 is 47.8 Å². The zero-order valence-electron chi connectivity index (χ0n) is 19.7. The molecule has 7 nitrogen and oxygen atoms in total. The van der Waals surface area contributed by atoms with Crippen molar-refractivity contribution in [2.24, 2.45) is 0 Å². The van der Waals surface area contributed by atoms with E-state index in [4.69, 9.17) is 0 Å². The van der Waals surface area contributed by atoms with E-state index in [1.807, 2.05) is 30.3 Å². The summed E-state index contributed by atoms with van der Waals surface area (Å²) in [5.41, 5.74) is -1.10. The van der Waals surface area contributed by atoms with E-state index in [2.05, 4.69) is 15.5 Å². The van der Waals surface area contributed by atoms with Crippen LogP contribution in [0, 0.1) is 0 Å². The fourth-order valence-electron chi connectivity index (χ4n) is 5.10. The molecule has 0 aromatic heterocycles. The van der Waals surface area contributed by atoms with Crippen molar-refractivity contribution in [2.45, 2.75) is 55.6 Å². The molecule has 2 atom stereocenters. The topological polar surface area (TPSA) is 102 Å². The number of hydrogen-bond acceptors (Lipinski definition) is 5. The largest absolute Gasteiger partial charge is 0.416 e. The average molecular weight is 506 g/mol. The van der Waals surface area contributed by atoms with Crippen molar-refractivity contribution in [1.82, 2.24) is 15.5 Å². The van der Waals surface area contributed by atoms with E-state index in [-0.39, 0.29) is 11.6 Å². The minimum absolute atomic E-state index is 0.172. The van der Waals surface area contributed by atoms with Gasteiger partial charge in [0.1, 0.15) is 0 Å². The highest BCUT2D eigenvalue weighted by Crippen LogP contribution is 2.39. The number of alkyl halides is 3. The van der Waals surface area contributed by atoms with Gasteiger partial charge < -0.3 is 20.8 Å². The van der Waals surface area contributed by atoms with Gasteiger partial charge in [0.15, 0.2) is 0 Å². The second-order valence-electron chi connectivity index (χ2n) is 9.59. The Morgan fingerprint density at radius 3 is 2.39 bits per heavy atom. The number of hydrogen-bond donors (Lipinski definition) is 4. The Balaban J connectivity index is 1.25. The van der Waals surface area contributed by atoms with Crippen LogP contribution in [-0.2, 0) is 16.6 Å². The molecule has 2 fully saturated rings. The summed E-state index contributed by atoms with van der Waals surface area (Å²) >= 11 is 0. The lowest BCUT2D eigenvalue weighted by Crippen LogP contribution is -2.47. The van der Waals surface area contributed by atoms with Gasteiger partial charge in [-0.3, -0.25) is 14.5 Å². The first-order valence-electron chi connectivity index (χ1n) is 12.0. The van der Waals surface area contributed by atoms with Crippen LogP contribution < -0.4 is 10.6 Å². The van der Waals surface area contributed by atoms with Crippen LogP contribution in [0.25, 0.3) is 0 Å². The maximum absolute atomic E-state index is 12.9. The molecule has 2 aromatic carbocycles. The number of β-amino-alcohol motifs (C(OH)–C–C–N with tert-alkyl or cyclic N) is 1. The summed E-state index contributed by atoms with van der Waals surface area (Å²) in [7, 11) is 0. The number of nitrogens with zero attached hydrogens (tertiary/aromatic N) is 1. The van der Waals surface area contributed by atoms with Gasteiger partial charge >= 0.3 is 6.18 Å². The lowest BCUT2D eigenvalue weighted by atomic mass is 9.77. The lowest BCUT2D eigenvalue weighted by Gasteiger charge is -2.40. The molecular formula is C26H30F3N3O4. The zero-order chi connectivity index (χ0) is 25.9. The molecule has 0 radical (unpaired) electrons. The number of aliphatic hydroxyl groups is 2. The van der Waals surface area contributed by atoms with Crippen LogP contribution in [0.2, 0.25) is 0 Å². The van der Waals surface area contributed by atoms with E-state index in [0.717, 1.165) is 36.6 Å². The monoisotopic (exact) mass is 505 g/mol. The quantitative estimate of drug-likeness (QED) is 0.483. The average Bonchev–Trinajstić information content (AvgIpc) is 3.22. The van der Waals surface area contributed by atoms with E-state index in [1.54, 1.807) is 0 Å². The normalized spacial score (nSPS) is 27.0. The maximum atomic E-state index is 12.9. The van der Waals surface area contributed by atoms with Crippen molar-refractivity contribution < 1.29 is 33.0 Å². The summed E-state index contributed by atoms with van der Waals surface area (Å²) in [6.45, 7) is 0.394. The maximum Gasteiger partial charge on any atom is 0.416 e. The third-order valence-corrected chi connectivity index (χ3v) is 7.14. The molecule has 194 valence electrons. The van der Waals surface area contributed by atoms with Gasteiger partial charge in [0.25, 0.3) is 5.91 Å². The van der Waals surface area contributed by atoms with Crippen LogP contribution in [0.1, 0.15) is 47.2 Å².